The standard InChI is InChI=1S/C24H35NO7/c1-7-24(2,3)21(26)22(27)25-12-8-11-17(25)23(28)32-13-9-10-16-14-18(29-4)20(31-6)19(15-16)30-5/h14-15,17H,7-13H2,1-6H3/t17-/m0/s1. The first-order chi connectivity index (χ1) is 15.2. The fraction of sp³-hybridized carbons (Fsp3) is 0.625. The Morgan fingerprint density at radius 1 is 1.06 bits per heavy atom. The number of carbonyl (C=O) groups is 3. The third-order valence-corrected chi connectivity index (χ3v) is 6.06. The molecule has 32 heavy (non-hydrogen) atoms. The zero-order valence-corrected chi connectivity index (χ0v) is 20.0. The van der Waals surface area contributed by atoms with E-state index >= 15 is 0 Å². The fourth-order valence-corrected chi connectivity index (χ4v) is 3.66. The summed E-state index contributed by atoms with van der Waals surface area (Å²) in [5.74, 6) is 0.160. The number of esters is 1. The predicted octanol–water partition coefficient (Wildman–Crippen LogP) is 3.18. The Hall–Kier alpha value is -2.77. The van der Waals surface area contributed by atoms with Crippen LogP contribution in [-0.4, -0.2) is 63.1 Å². The number of Topliss-reactive ketones (excluding diaryl/α,β-unsaturated/α-hetero) is 1. The number of carbonyl (C=O) groups excluding carboxylic acids is 3. The van der Waals surface area contributed by atoms with Gasteiger partial charge in [0.25, 0.3) is 5.91 Å². The van der Waals surface area contributed by atoms with Gasteiger partial charge in [-0.15, -0.1) is 0 Å². The lowest BCUT2D eigenvalue weighted by atomic mass is 9.84. The molecule has 0 N–H and O–H groups in total. The number of hydrogen-bond acceptors (Lipinski definition) is 7. The highest BCUT2D eigenvalue weighted by molar-refractivity contribution is 6.38. The number of ketones is 1. The van der Waals surface area contributed by atoms with E-state index in [0.717, 1.165) is 5.56 Å². The molecule has 1 heterocycles. The molecular weight excluding hydrogens is 414 g/mol. The maximum absolute atomic E-state index is 12.7. The van der Waals surface area contributed by atoms with Crippen molar-refractivity contribution < 1.29 is 33.3 Å². The molecule has 1 aromatic carbocycles. The van der Waals surface area contributed by atoms with Crippen LogP contribution in [0.1, 0.15) is 52.0 Å². The Bertz CT molecular complexity index is 809. The van der Waals surface area contributed by atoms with Gasteiger partial charge in [0.05, 0.1) is 27.9 Å². The van der Waals surface area contributed by atoms with Crippen LogP contribution in [0.5, 0.6) is 17.2 Å². The molecule has 0 aliphatic carbocycles. The lowest BCUT2D eigenvalue weighted by Gasteiger charge is -2.27. The molecule has 8 nitrogen and oxygen atoms in total. The van der Waals surface area contributed by atoms with Crippen molar-refractivity contribution in [1.29, 1.82) is 0 Å². The molecule has 2 rings (SSSR count). The number of ether oxygens (including phenoxy) is 4. The summed E-state index contributed by atoms with van der Waals surface area (Å²) in [6, 6.07) is 3.03. The number of aryl methyl sites for hydroxylation is 1. The molecule has 0 bridgehead atoms. The van der Waals surface area contributed by atoms with Gasteiger partial charge in [-0.3, -0.25) is 9.59 Å². The third-order valence-electron chi connectivity index (χ3n) is 6.06. The molecule has 1 aliphatic rings. The summed E-state index contributed by atoms with van der Waals surface area (Å²) < 4.78 is 21.5. The number of amides is 1. The van der Waals surface area contributed by atoms with Gasteiger partial charge in [0.1, 0.15) is 6.04 Å². The molecule has 1 aliphatic heterocycles. The second-order valence-electron chi connectivity index (χ2n) is 8.53. The normalized spacial score (nSPS) is 15.9. The topological polar surface area (TPSA) is 91.4 Å². The molecule has 1 amide bonds. The van der Waals surface area contributed by atoms with E-state index in [1.165, 1.54) is 4.90 Å². The number of hydrogen-bond donors (Lipinski definition) is 0. The van der Waals surface area contributed by atoms with Crippen molar-refractivity contribution in [3.63, 3.8) is 0 Å². The van der Waals surface area contributed by atoms with Gasteiger partial charge in [-0.1, -0.05) is 20.8 Å². The van der Waals surface area contributed by atoms with Crippen LogP contribution in [0.15, 0.2) is 12.1 Å². The zero-order valence-electron chi connectivity index (χ0n) is 20.0. The van der Waals surface area contributed by atoms with Gasteiger partial charge in [0, 0.05) is 12.0 Å². The fourth-order valence-electron chi connectivity index (χ4n) is 3.66. The summed E-state index contributed by atoms with van der Waals surface area (Å²) in [6.45, 7) is 5.98. The number of rotatable bonds is 11. The van der Waals surface area contributed by atoms with Crippen molar-refractivity contribution in [3.8, 4) is 17.2 Å². The predicted molar refractivity (Wildman–Crippen MR) is 119 cm³/mol. The SMILES string of the molecule is CCC(C)(C)C(=O)C(=O)N1CCC[C@H]1C(=O)OCCCc1cc(OC)c(OC)c(OC)c1. The third kappa shape index (κ3) is 5.72. The van der Waals surface area contributed by atoms with Gasteiger partial charge in [0.15, 0.2) is 11.5 Å². The smallest absolute Gasteiger partial charge is 0.328 e. The number of benzene rings is 1. The van der Waals surface area contributed by atoms with Gasteiger partial charge in [-0.25, -0.2) is 4.79 Å². The minimum absolute atomic E-state index is 0.211. The summed E-state index contributed by atoms with van der Waals surface area (Å²) in [4.78, 5) is 39.2. The molecule has 0 aromatic heterocycles. The van der Waals surface area contributed by atoms with Crippen LogP contribution in [0.25, 0.3) is 0 Å². The van der Waals surface area contributed by atoms with Crippen molar-refractivity contribution in [2.45, 2.75) is 58.9 Å². The van der Waals surface area contributed by atoms with Crippen LogP contribution < -0.4 is 14.2 Å². The number of nitrogens with zero attached hydrogens (tertiary/aromatic N) is 1. The Balaban J connectivity index is 1.93. The first-order valence-electron chi connectivity index (χ1n) is 11.0. The van der Waals surface area contributed by atoms with Crippen LogP contribution in [0.3, 0.4) is 0 Å². The van der Waals surface area contributed by atoms with Crippen LogP contribution in [0, 0.1) is 5.41 Å². The number of methoxy groups -OCH3 is 3. The maximum Gasteiger partial charge on any atom is 0.328 e. The van der Waals surface area contributed by atoms with E-state index < -0.39 is 29.1 Å². The largest absolute Gasteiger partial charge is 0.493 e. The molecule has 178 valence electrons. The van der Waals surface area contributed by atoms with Gasteiger partial charge in [-0.2, -0.15) is 0 Å². The maximum atomic E-state index is 12.7. The average molecular weight is 450 g/mol. The lowest BCUT2D eigenvalue weighted by Crippen LogP contribution is -2.48. The van der Waals surface area contributed by atoms with E-state index in [9.17, 15) is 14.4 Å². The van der Waals surface area contributed by atoms with Crippen LogP contribution in [-0.2, 0) is 25.5 Å². The number of likely N-dealkylation sites (tertiary alicyclic amines) is 1. The Morgan fingerprint density at radius 3 is 2.22 bits per heavy atom. The summed E-state index contributed by atoms with van der Waals surface area (Å²) in [6.07, 6.45) is 2.98. The van der Waals surface area contributed by atoms with Crippen LogP contribution in [0.2, 0.25) is 0 Å². The second kappa shape index (κ2) is 11.2. The van der Waals surface area contributed by atoms with Crippen molar-refractivity contribution >= 4 is 17.7 Å². The first-order valence-corrected chi connectivity index (χ1v) is 11.0. The molecule has 0 spiro atoms. The van der Waals surface area contributed by atoms with E-state index in [4.69, 9.17) is 18.9 Å². The summed E-state index contributed by atoms with van der Waals surface area (Å²) >= 11 is 0. The molecule has 0 unspecified atom stereocenters. The molecule has 1 aromatic rings. The van der Waals surface area contributed by atoms with E-state index in [1.807, 2.05) is 19.1 Å². The van der Waals surface area contributed by atoms with Crippen LogP contribution >= 0.6 is 0 Å². The average Bonchev–Trinajstić information content (AvgIpc) is 3.29. The van der Waals surface area contributed by atoms with E-state index in [0.29, 0.717) is 55.9 Å². The summed E-state index contributed by atoms with van der Waals surface area (Å²) in [5.41, 5.74) is 0.217. The molecular formula is C24H35NO7. The summed E-state index contributed by atoms with van der Waals surface area (Å²) in [5, 5.41) is 0. The van der Waals surface area contributed by atoms with Crippen molar-refractivity contribution in [2.75, 3.05) is 34.5 Å². The second-order valence-corrected chi connectivity index (χ2v) is 8.53. The highest BCUT2D eigenvalue weighted by Gasteiger charge is 2.41. The first kappa shape index (κ1) is 25.5. The van der Waals surface area contributed by atoms with Crippen LogP contribution in [0.4, 0.5) is 0 Å². The minimum atomic E-state index is -0.741. The molecule has 1 saturated heterocycles. The Kier molecular flexibility index (Phi) is 8.92. The van der Waals surface area contributed by atoms with E-state index in [1.54, 1.807) is 35.2 Å². The Morgan fingerprint density at radius 2 is 1.69 bits per heavy atom. The van der Waals surface area contributed by atoms with Gasteiger partial charge >= 0.3 is 5.97 Å². The van der Waals surface area contributed by atoms with Crippen molar-refractivity contribution in [3.05, 3.63) is 17.7 Å². The van der Waals surface area contributed by atoms with Gasteiger partial charge in [0.2, 0.25) is 11.5 Å². The lowest BCUT2D eigenvalue weighted by molar-refractivity contribution is -0.157. The van der Waals surface area contributed by atoms with Gasteiger partial charge < -0.3 is 23.8 Å². The van der Waals surface area contributed by atoms with Crippen molar-refractivity contribution in [1.82, 2.24) is 4.90 Å². The molecule has 0 radical (unpaired) electrons. The molecule has 0 saturated carbocycles. The highest BCUT2D eigenvalue weighted by atomic mass is 16.5. The van der Waals surface area contributed by atoms with E-state index in [2.05, 4.69) is 0 Å². The Labute approximate surface area is 190 Å². The molecule has 1 atom stereocenters. The monoisotopic (exact) mass is 449 g/mol. The quantitative estimate of drug-likeness (QED) is 0.291. The highest BCUT2D eigenvalue weighted by Crippen LogP contribution is 2.38. The minimum Gasteiger partial charge on any atom is -0.493 e. The molecule has 8 heteroatoms. The molecule has 1 fully saturated rings. The summed E-state index contributed by atoms with van der Waals surface area (Å²) in [7, 11) is 4.67. The van der Waals surface area contributed by atoms with E-state index in [-0.39, 0.29) is 6.61 Å². The van der Waals surface area contributed by atoms with Crippen molar-refractivity contribution in [2.24, 2.45) is 5.41 Å². The zero-order chi connectivity index (χ0) is 23.9. The van der Waals surface area contributed by atoms with Gasteiger partial charge in [-0.05, 0) is 49.8 Å².